The van der Waals surface area contributed by atoms with E-state index >= 15 is 0 Å². The zero-order valence-electron chi connectivity index (χ0n) is 14.9. The molecule has 0 unspecified atom stereocenters. The van der Waals surface area contributed by atoms with E-state index in [2.05, 4.69) is 15.3 Å². The Labute approximate surface area is 156 Å². The monoisotopic (exact) mass is 364 g/mol. The number of likely N-dealkylation sites (tertiary alicyclic amines) is 1. The standard InChI is InChI=1S/C19H20N6O2/c26-18(24-6-1-2-7-24)16-17-15-13(5-8-25(17)12-22-16)10-20-19(23-15)21-11-14-4-3-9-27-14/h3-4,9-10,12H,1-2,5-8,11H2,(H,20,21,23). The Morgan fingerprint density at radius 1 is 1.22 bits per heavy atom. The maximum atomic E-state index is 12.9. The lowest BCUT2D eigenvalue weighted by atomic mass is 10.0. The van der Waals surface area contributed by atoms with Crippen molar-refractivity contribution >= 4 is 11.9 Å². The van der Waals surface area contributed by atoms with Crippen LogP contribution in [0.25, 0.3) is 11.4 Å². The lowest BCUT2D eigenvalue weighted by Gasteiger charge is -2.20. The van der Waals surface area contributed by atoms with Gasteiger partial charge in [0.2, 0.25) is 5.95 Å². The first kappa shape index (κ1) is 16.0. The maximum absolute atomic E-state index is 12.9. The molecule has 0 atom stereocenters. The van der Waals surface area contributed by atoms with Gasteiger partial charge in [0, 0.05) is 31.4 Å². The van der Waals surface area contributed by atoms with Crippen molar-refractivity contribution < 1.29 is 9.21 Å². The van der Waals surface area contributed by atoms with E-state index in [0.717, 1.165) is 61.6 Å². The molecule has 0 spiro atoms. The maximum Gasteiger partial charge on any atom is 0.274 e. The number of hydrogen-bond acceptors (Lipinski definition) is 6. The second-order valence-corrected chi connectivity index (χ2v) is 6.88. The molecule has 0 aromatic carbocycles. The Kier molecular flexibility index (Phi) is 3.88. The number of anilines is 1. The summed E-state index contributed by atoms with van der Waals surface area (Å²) < 4.78 is 7.36. The highest BCUT2D eigenvalue weighted by atomic mass is 16.3. The van der Waals surface area contributed by atoms with Crippen LogP contribution in [0.4, 0.5) is 5.95 Å². The second-order valence-electron chi connectivity index (χ2n) is 6.88. The van der Waals surface area contributed by atoms with E-state index in [1.54, 1.807) is 12.6 Å². The van der Waals surface area contributed by atoms with E-state index in [0.29, 0.717) is 18.2 Å². The van der Waals surface area contributed by atoms with Gasteiger partial charge in [0.15, 0.2) is 5.69 Å². The fourth-order valence-corrected chi connectivity index (χ4v) is 3.73. The Morgan fingerprint density at radius 2 is 2.11 bits per heavy atom. The highest BCUT2D eigenvalue weighted by Crippen LogP contribution is 2.31. The van der Waals surface area contributed by atoms with Crippen molar-refractivity contribution in [3.05, 3.63) is 47.9 Å². The first-order valence-electron chi connectivity index (χ1n) is 9.26. The van der Waals surface area contributed by atoms with Gasteiger partial charge in [-0.1, -0.05) is 0 Å². The van der Waals surface area contributed by atoms with Crippen LogP contribution in [0.2, 0.25) is 0 Å². The molecule has 1 fully saturated rings. The zero-order valence-corrected chi connectivity index (χ0v) is 14.9. The van der Waals surface area contributed by atoms with E-state index in [1.165, 1.54) is 0 Å². The molecule has 1 N–H and O–H groups in total. The van der Waals surface area contributed by atoms with Crippen LogP contribution in [0, 0.1) is 0 Å². The van der Waals surface area contributed by atoms with Crippen LogP contribution >= 0.6 is 0 Å². The third kappa shape index (κ3) is 2.87. The predicted molar refractivity (Wildman–Crippen MR) is 98.1 cm³/mol. The van der Waals surface area contributed by atoms with Crippen molar-refractivity contribution in [2.45, 2.75) is 32.4 Å². The third-order valence-electron chi connectivity index (χ3n) is 5.15. The third-order valence-corrected chi connectivity index (χ3v) is 5.15. The number of carbonyl (C=O) groups is 1. The number of nitrogens with zero attached hydrogens (tertiary/aromatic N) is 5. The molecule has 8 nitrogen and oxygen atoms in total. The number of rotatable bonds is 4. The lowest BCUT2D eigenvalue weighted by Crippen LogP contribution is -2.29. The average molecular weight is 364 g/mol. The van der Waals surface area contributed by atoms with Gasteiger partial charge in [0.05, 0.1) is 24.8 Å². The summed E-state index contributed by atoms with van der Waals surface area (Å²) in [6.45, 7) is 2.89. The number of amides is 1. The fraction of sp³-hybridized carbons (Fsp3) is 0.368. The summed E-state index contributed by atoms with van der Waals surface area (Å²) in [5.74, 6) is 1.32. The molecule has 5 heterocycles. The molecule has 1 amide bonds. The normalized spacial score (nSPS) is 15.5. The van der Waals surface area contributed by atoms with Crippen molar-refractivity contribution in [3.8, 4) is 11.4 Å². The zero-order chi connectivity index (χ0) is 18.2. The van der Waals surface area contributed by atoms with Crippen molar-refractivity contribution in [1.82, 2.24) is 24.4 Å². The molecule has 0 saturated carbocycles. The molecule has 27 heavy (non-hydrogen) atoms. The van der Waals surface area contributed by atoms with E-state index < -0.39 is 0 Å². The molecule has 5 rings (SSSR count). The van der Waals surface area contributed by atoms with Crippen molar-refractivity contribution in [3.63, 3.8) is 0 Å². The van der Waals surface area contributed by atoms with E-state index in [4.69, 9.17) is 9.40 Å². The minimum absolute atomic E-state index is 0.00203. The van der Waals surface area contributed by atoms with Crippen molar-refractivity contribution in [2.24, 2.45) is 0 Å². The molecule has 3 aromatic rings. The molecule has 0 aliphatic carbocycles. The summed E-state index contributed by atoms with van der Waals surface area (Å²) in [6.07, 6.45) is 8.17. The number of imidazole rings is 1. The Morgan fingerprint density at radius 3 is 2.93 bits per heavy atom. The molecule has 3 aromatic heterocycles. The first-order chi connectivity index (χ1) is 13.3. The highest BCUT2D eigenvalue weighted by Gasteiger charge is 2.30. The molecule has 1 saturated heterocycles. The van der Waals surface area contributed by atoms with E-state index in [-0.39, 0.29) is 5.91 Å². The van der Waals surface area contributed by atoms with Gasteiger partial charge in [-0.15, -0.1) is 0 Å². The number of carbonyl (C=O) groups excluding carboxylic acids is 1. The van der Waals surface area contributed by atoms with Crippen LogP contribution in [0.5, 0.6) is 0 Å². The van der Waals surface area contributed by atoms with Gasteiger partial charge in [-0.3, -0.25) is 4.79 Å². The molecule has 8 heteroatoms. The molecular formula is C19H20N6O2. The SMILES string of the molecule is O=C(c1ncn2c1-c1nc(NCc3ccco3)ncc1CC2)N1CCCC1. The van der Waals surface area contributed by atoms with Gasteiger partial charge in [0.25, 0.3) is 5.91 Å². The minimum Gasteiger partial charge on any atom is -0.467 e. The van der Waals surface area contributed by atoms with Gasteiger partial charge in [0.1, 0.15) is 11.5 Å². The Balaban J connectivity index is 1.48. The second kappa shape index (κ2) is 6.53. The fourth-order valence-electron chi connectivity index (χ4n) is 3.73. The van der Waals surface area contributed by atoms with Gasteiger partial charge in [-0.2, -0.15) is 0 Å². The molecule has 2 aliphatic heterocycles. The number of aryl methyl sites for hydroxylation is 2. The number of fused-ring (bicyclic) bond motifs is 3. The predicted octanol–water partition coefficient (Wildman–Crippen LogP) is 2.34. The summed E-state index contributed by atoms with van der Waals surface area (Å²) >= 11 is 0. The van der Waals surface area contributed by atoms with Crippen molar-refractivity contribution in [1.29, 1.82) is 0 Å². The molecular weight excluding hydrogens is 344 g/mol. The van der Waals surface area contributed by atoms with Gasteiger partial charge < -0.3 is 19.2 Å². The number of hydrogen-bond donors (Lipinski definition) is 1. The van der Waals surface area contributed by atoms with Gasteiger partial charge >= 0.3 is 0 Å². The Bertz CT molecular complexity index is 972. The number of nitrogens with one attached hydrogen (secondary N) is 1. The smallest absolute Gasteiger partial charge is 0.274 e. The van der Waals surface area contributed by atoms with Crippen LogP contribution in [-0.4, -0.2) is 43.4 Å². The number of aromatic nitrogens is 4. The van der Waals surface area contributed by atoms with Crippen LogP contribution in [-0.2, 0) is 19.5 Å². The Hall–Kier alpha value is -3.16. The summed E-state index contributed by atoms with van der Waals surface area (Å²) in [6, 6.07) is 3.74. The summed E-state index contributed by atoms with van der Waals surface area (Å²) in [7, 11) is 0. The quantitative estimate of drug-likeness (QED) is 0.764. The molecule has 0 radical (unpaired) electrons. The summed E-state index contributed by atoms with van der Waals surface area (Å²) in [4.78, 5) is 28.4. The van der Waals surface area contributed by atoms with Crippen LogP contribution < -0.4 is 5.32 Å². The first-order valence-corrected chi connectivity index (χ1v) is 9.26. The van der Waals surface area contributed by atoms with Crippen LogP contribution in [0.15, 0.2) is 35.3 Å². The topological polar surface area (TPSA) is 89.1 Å². The van der Waals surface area contributed by atoms with Crippen LogP contribution in [0.1, 0.15) is 34.7 Å². The molecule has 138 valence electrons. The lowest BCUT2D eigenvalue weighted by molar-refractivity contribution is 0.0788. The van der Waals surface area contributed by atoms with E-state index in [9.17, 15) is 4.79 Å². The minimum atomic E-state index is -0.00203. The van der Waals surface area contributed by atoms with Gasteiger partial charge in [-0.25, -0.2) is 15.0 Å². The number of furan rings is 1. The average Bonchev–Trinajstić information content (AvgIpc) is 3.47. The van der Waals surface area contributed by atoms with Crippen LogP contribution in [0.3, 0.4) is 0 Å². The van der Waals surface area contributed by atoms with Crippen molar-refractivity contribution in [2.75, 3.05) is 18.4 Å². The molecule has 0 bridgehead atoms. The largest absolute Gasteiger partial charge is 0.467 e. The summed E-state index contributed by atoms with van der Waals surface area (Å²) in [5, 5.41) is 3.18. The highest BCUT2D eigenvalue weighted by molar-refractivity contribution is 5.98. The molecule has 2 aliphatic rings. The summed E-state index contributed by atoms with van der Waals surface area (Å²) in [5.41, 5.74) is 3.13. The van der Waals surface area contributed by atoms with Gasteiger partial charge in [-0.05, 0) is 31.4 Å². The van der Waals surface area contributed by atoms with E-state index in [1.807, 2.05) is 27.8 Å².